The van der Waals surface area contributed by atoms with Gasteiger partial charge in [-0.15, -0.1) is 0 Å². The van der Waals surface area contributed by atoms with Crippen molar-refractivity contribution in [3.8, 4) is 0 Å². The van der Waals surface area contributed by atoms with Crippen LogP contribution in [0, 0.1) is 0 Å². The third-order valence-corrected chi connectivity index (χ3v) is 5.06. The molecule has 0 unspecified atom stereocenters. The lowest BCUT2D eigenvalue weighted by Crippen LogP contribution is -2.44. The van der Waals surface area contributed by atoms with Crippen molar-refractivity contribution >= 4 is 15.7 Å². The Morgan fingerprint density at radius 3 is 2.47 bits per heavy atom. The molecule has 0 aliphatic carbocycles. The van der Waals surface area contributed by atoms with Gasteiger partial charge in [0, 0.05) is 13.1 Å². The molecular weight excluding hydrogens is 262 g/mol. The topological polar surface area (TPSA) is 54.5 Å². The lowest BCUT2D eigenvalue weighted by molar-refractivity contribution is -0.130. The Balaban J connectivity index is 1.97. The van der Waals surface area contributed by atoms with Gasteiger partial charge >= 0.3 is 0 Å². The standard InChI is InChI=1S/C14H19NO3S/c1-2-12-4-3-5-13(10-12)11-14(16)15-6-8-19(17,18)9-7-15/h3-5,10H,2,6-9,11H2,1H3. The quantitative estimate of drug-likeness (QED) is 0.832. The fourth-order valence-corrected chi connectivity index (χ4v) is 3.41. The molecule has 104 valence electrons. The Bertz CT molecular complexity index is 552. The molecule has 0 aromatic heterocycles. The number of aryl methyl sites for hydroxylation is 1. The van der Waals surface area contributed by atoms with Crippen molar-refractivity contribution in [3.63, 3.8) is 0 Å². The third kappa shape index (κ3) is 3.80. The number of amides is 1. The number of benzene rings is 1. The van der Waals surface area contributed by atoms with E-state index in [-0.39, 0.29) is 17.4 Å². The Morgan fingerprint density at radius 2 is 1.84 bits per heavy atom. The second-order valence-corrected chi connectivity index (χ2v) is 7.19. The minimum Gasteiger partial charge on any atom is -0.340 e. The molecular formula is C14H19NO3S. The van der Waals surface area contributed by atoms with Crippen molar-refractivity contribution in [2.24, 2.45) is 0 Å². The second kappa shape index (κ2) is 5.74. The zero-order valence-corrected chi connectivity index (χ0v) is 11.9. The first-order valence-corrected chi connectivity index (χ1v) is 8.38. The summed E-state index contributed by atoms with van der Waals surface area (Å²) in [4.78, 5) is 13.8. The molecule has 0 N–H and O–H groups in total. The molecule has 1 aromatic carbocycles. The molecule has 2 rings (SSSR count). The van der Waals surface area contributed by atoms with E-state index in [0.29, 0.717) is 19.5 Å². The fraction of sp³-hybridized carbons (Fsp3) is 0.500. The number of carbonyl (C=O) groups excluding carboxylic acids is 1. The van der Waals surface area contributed by atoms with Gasteiger partial charge in [0.05, 0.1) is 17.9 Å². The normalized spacial score (nSPS) is 18.3. The van der Waals surface area contributed by atoms with Crippen LogP contribution in [0.25, 0.3) is 0 Å². The summed E-state index contributed by atoms with van der Waals surface area (Å²) in [7, 11) is -2.93. The van der Waals surface area contributed by atoms with Gasteiger partial charge in [-0.2, -0.15) is 0 Å². The molecule has 1 fully saturated rings. The van der Waals surface area contributed by atoms with Crippen LogP contribution in [-0.2, 0) is 27.5 Å². The third-order valence-electron chi connectivity index (χ3n) is 3.45. The Labute approximate surface area is 114 Å². The van der Waals surface area contributed by atoms with E-state index in [4.69, 9.17) is 0 Å². The van der Waals surface area contributed by atoms with E-state index in [1.54, 1.807) is 4.90 Å². The second-order valence-electron chi connectivity index (χ2n) is 4.88. The molecule has 1 aromatic rings. The summed E-state index contributed by atoms with van der Waals surface area (Å²) in [5, 5.41) is 0. The number of hydrogen-bond donors (Lipinski definition) is 0. The summed E-state index contributed by atoms with van der Waals surface area (Å²) in [6.07, 6.45) is 1.30. The minimum atomic E-state index is -2.93. The smallest absolute Gasteiger partial charge is 0.227 e. The number of rotatable bonds is 3. The van der Waals surface area contributed by atoms with Crippen LogP contribution in [0.1, 0.15) is 18.1 Å². The maximum Gasteiger partial charge on any atom is 0.227 e. The molecule has 0 radical (unpaired) electrons. The fourth-order valence-electron chi connectivity index (χ4n) is 2.21. The van der Waals surface area contributed by atoms with Crippen LogP contribution in [0.15, 0.2) is 24.3 Å². The first-order chi connectivity index (χ1) is 9.00. The number of nitrogens with zero attached hydrogens (tertiary/aromatic N) is 1. The molecule has 0 saturated carbocycles. The lowest BCUT2D eigenvalue weighted by Gasteiger charge is -2.26. The van der Waals surface area contributed by atoms with Crippen molar-refractivity contribution in [1.29, 1.82) is 0 Å². The van der Waals surface area contributed by atoms with E-state index in [1.807, 2.05) is 24.3 Å². The predicted molar refractivity (Wildman–Crippen MR) is 74.8 cm³/mol. The Kier molecular flexibility index (Phi) is 4.24. The Hall–Kier alpha value is -1.36. The molecule has 1 aliphatic rings. The van der Waals surface area contributed by atoms with Crippen molar-refractivity contribution in [2.45, 2.75) is 19.8 Å². The van der Waals surface area contributed by atoms with Crippen molar-refractivity contribution in [1.82, 2.24) is 4.90 Å². The number of carbonyl (C=O) groups is 1. The van der Waals surface area contributed by atoms with E-state index in [0.717, 1.165) is 12.0 Å². The van der Waals surface area contributed by atoms with Crippen LogP contribution in [-0.4, -0.2) is 43.8 Å². The van der Waals surface area contributed by atoms with Crippen molar-refractivity contribution < 1.29 is 13.2 Å². The van der Waals surface area contributed by atoms with Gasteiger partial charge in [0.1, 0.15) is 0 Å². The van der Waals surface area contributed by atoms with Crippen molar-refractivity contribution in [2.75, 3.05) is 24.6 Å². The van der Waals surface area contributed by atoms with Gasteiger partial charge in [0.2, 0.25) is 5.91 Å². The average molecular weight is 281 g/mol. The van der Waals surface area contributed by atoms with Crippen LogP contribution >= 0.6 is 0 Å². The van der Waals surface area contributed by atoms with E-state index >= 15 is 0 Å². The Morgan fingerprint density at radius 1 is 1.21 bits per heavy atom. The van der Waals surface area contributed by atoms with Gasteiger partial charge in [-0.3, -0.25) is 4.79 Å². The summed E-state index contributed by atoms with van der Waals surface area (Å²) in [5.41, 5.74) is 2.21. The highest BCUT2D eigenvalue weighted by Gasteiger charge is 2.24. The molecule has 1 heterocycles. The zero-order valence-electron chi connectivity index (χ0n) is 11.1. The molecule has 0 atom stereocenters. The molecule has 0 spiro atoms. The summed E-state index contributed by atoms with van der Waals surface area (Å²) < 4.78 is 22.6. The van der Waals surface area contributed by atoms with Gasteiger partial charge in [-0.25, -0.2) is 8.42 Å². The highest BCUT2D eigenvalue weighted by molar-refractivity contribution is 7.91. The number of hydrogen-bond acceptors (Lipinski definition) is 3. The number of sulfone groups is 1. The molecule has 1 aliphatic heterocycles. The van der Waals surface area contributed by atoms with Gasteiger partial charge < -0.3 is 4.90 Å². The molecule has 5 heteroatoms. The van der Waals surface area contributed by atoms with Crippen LogP contribution in [0.5, 0.6) is 0 Å². The lowest BCUT2D eigenvalue weighted by atomic mass is 10.1. The maximum absolute atomic E-state index is 12.1. The van der Waals surface area contributed by atoms with E-state index in [2.05, 4.69) is 6.92 Å². The first-order valence-electron chi connectivity index (χ1n) is 6.56. The van der Waals surface area contributed by atoms with Crippen LogP contribution in [0.2, 0.25) is 0 Å². The van der Waals surface area contributed by atoms with E-state index in [1.165, 1.54) is 5.56 Å². The largest absolute Gasteiger partial charge is 0.340 e. The summed E-state index contributed by atoms with van der Waals surface area (Å²) >= 11 is 0. The average Bonchev–Trinajstić information content (AvgIpc) is 2.38. The molecule has 0 bridgehead atoms. The highest BCUT2D eigenvalue weighted by Crippen LogP contribution is 2.10. The molecule has 1 saturated heterocycles. The van der Waals surface area contributed by atoms with Gasteiger partial charge in [0.25, 0.3) is 0 Å². The maximum atomic E-state index is 12.1. The summed E-state index contributed by atoms with van der Waals surface area (Å²) in [5.74, 6) is 0.199. The molecule has 4 nitrogen and oxygen atoms in total. The molecule has 19 heavy (non-hydrogen) atoms. The summed E-state index contributed by atoms with van der Waals surface area (Å²) in [6.45, 7) is 2.74. The SMILES string of the molecule is CCc1cccc(CC(=O)N2CCS(=O)(=O)CC2)c1. The summed E-state index contributed by atoms with van der Waals surface area (Å²) in [6, 6.07) is 7.99. The van der Waals surface area contributed by atoms with Crippen molar-refractivity contribution in [3.05, 3.63) is 35.4 Å². The van der Waals surface area contributed by atoms with Gasteiger partial charge in [-0.1, -0.05) is 31.2 Å². The minimum absolute atomic E-state index is 0.0168. The van der Waals surface area contributed by atoms with E-state index in [9.17, 15) is 13.2 Å². The van der Waals surface area contributed by atoms with Gasteiger partial charge in [0.15, 0.2) is 9.84 Å². The predicted octanol–water partition coefficient (Wildman–Crippen LogP) is 1.05. The van der Waals surface area contributed by atoms with E-state index < -0.39 is 9.84 Å². The van der Waals surface area contributed by atoms with Crippen LogP contribution < -0.4 is 0 Å². The first kappa shape index (κ1) is 14.1. The monoisotopic (exact) mass is 281 g/mol. The highest BCUT2D eigenvalue weighted by atomic mass is 32.2. The van der Waals surface area contributed by atoms with Crippen LogP contribution in [0.3, 0.4) is 0 Å². The van der Waals surface area contributed by atoms with Crippen LogP contribution in [0.4, 0.5) is 0 Å². The zero-order chi connectivity index (χ0) is 13.9. The molecule has 1 amide bonds. The van der Waals surface area contributed by atoms with Gasteiger partial charge in [-0.05, 0) is 17.5 Å².